The maximum Gasteiger partial charge on any atom is 0.251 e. The van der Waals surface area contributed by atoms with Crippen molar-refractivity contribution in [1.29, 1.82) is 0 Å². The highest BCUT2D eigenvalue weighted by Gasteiger charge is 2.36. The molecule has 2 aromatic rings. The Labute approximate surface area is 160 Å². The van der Waals surface area contributed by atoms with Crippen molar-refractivity contribution in [3.05, 3.63) is 71.3 Å². The molecule has 0 spiro atoms. The SMILES string of the molecule is O=C(NC[C@@H]1CO[C@H](CNC(=O)c2ccc(F)c(F)c2)[C@H]1O)c1ccccc1. The Hall–Kier alpha value is -2.84. The molecule has 3 atom stereocenters. The van der Waals surface area contributed by atoms with Crippen LogP contribution in [0.3, 0.4) is 0 Å². The number of halogens is 2. The molecule has 3 N–H and O–H groups in total. The molecule has 1 heterocycles. The molecule has 0 saturated carbocycles. The van der Waals surface area contributed by atoms with Gasteiger partial charge >= 0.3 is 0 Å². The molecule has 0 bridgehead atoms. The summed E-state index contributed by atoms with van der Waals surface area (Å²) in [5.41, 5.74) is 0.490. The fourth-order valence-corrected chi connectivity index (χ4v) is 2.96. The zero-order valence-electron chi connectivity index (χ0n) is 14.9. The number of aliphatic hydroxyl groups excluding tert-OH is 1. The Balaban J connectivity index is 1.47. The Morgan fingerprint density at radius 2 is 1.64 bits per heavy atom. The number of hydrogen-bond donors (Lipinski definition) is 3. The second-order valence-corrected chi connectivity index (χ2v) is 6.54. The summed E-state index contributed by atoms with van der Waals surface area (Å²) in [4.78, 5) is 24.1. The zero-order chi connectivity index (χ0) is 20.1. The molecule has 148 valence electrons. The average Bonchev–Trinajstić information content (AvgIpc) is 3.06. The monoisotopic (exact) mass is 390 g/mol. The number of rotatable bonds is 6. The summed E-state index contributed by atoms with van der Waals surface area (Å²) in [5, 5.41) is 15.6. The fourth-order valence-electron chi connectivity index (χ4n) is 2.96. The van der Waals surface area contributed by atoms with Crippen LogP contribution >= 0.6 is 0 Å². The van der Waals surface area contributed by atoms with E-state index in [1.807, 2.05) is 6.07 Å². The van der Waals surface area contributed by atoms with Gasteiger partial charge in [0, 0.05) is 30.1 Å². The molecule has 28 heavy (non-hydrogen) atoms. The Bertz CT molecular complexity index is 847. The van der Waals surface area contributed by atoms with Crippen LogP contribution in [0.15, 0.2) is 48.5 Å². The lowest BCUT2D eigenvalue weighted by molar-refractivity contribution is 0.0384. The van der Waals surface area contributed by atoms with Gasteiger partial charge in [0.25, 0.3) is 11.8 Å². The van der Waals surface area contributed by atoms with Crippen LogP contribution in [-0.2, 0) is 4.74 Å². The third kappa shape index (κ3) is 4.71. The lowest BCUT2D eigenvalue weighted by atomic mass is 10.0. The van der Waals surface area contributed by atoms with E-state index in [9.17, 15) is 23.5 Å². The standard InChI is InChI=1S/C20H20F2N2O4/c21-15-7-6-13(8-16(15)22)20(27)24-10-17-18(25)14(11-28-17)9-23-19(26)12-4-2-1-3-5-12/h1-8,14,17-18,25H,9-11H2,(H,23,26)(H,24,27)/t14-,17-,18+/m1/s1. The maximum absolute atomic E-state index is 13.2. The fraction of sp³-hybridized carbons (Fsp3) is 0.300. The van der Waals surface area contributed by atoms with Crippen LogP contribution in [0.5, 0.6) is 0 Å². The van der Waals surface area contributed by atoms with Gasteiger partial charge in [-0.3, -0.25) is 9.59 Å². The second-order valence-electron chi connectivity index (χ2n) is 6.54. The number of aliphatic hydroxyl groups is 1. The molecule has 0 unspecified atom stereocenters. The first-order valence-corrected chi connectivity index (χ1v) is 8.82. The van der Waals surface area contributed by atoms with Crippen LogP contribution < -0.4 is 10.6 Å². The Morgan fingerprint density at radius 1 is 0.964 bits per heavy atom. The summed E-state index contributed by atoms with van der Waals surface area (Å²) in [7, 11) is 0. The quantitative estimate of drug-likeness (QED) is 0.698. The molecule has 1 saturated heterocycles. The summed E-state index contributed by atoms with van der Waals surface area (Å²) in [5.74, 6) is -3.32. The van der Waals surface area contributed by atoms with Crippen LogP contribution in [0.4, 0.5) is 8.78 Å². The molecule has 0 aromatic heterocycles. The number of amides is 2. The third-order valence-corrected chi connectivity index (χ3v) is 4.59. The van der Waals surface area contributed by atoms with Gasteiger partial charge in [-0.15, -0.1) is 0 Å². The average molecular weight is 390 g/mol. The van der Waals surface area contributed by atoms with Crippen molar-refractivity contribution in [2.45, 2.75) is 12.2 Å². The molecule has 2 amide bonds. The Kier molecular flexibility index (Phi) is 6.33. The van der Waals surface area contributed by atoms with Crippen molar-refractivity contribution in [2.24, 2.45) is 5.92 Å². The summed E-state index contributed by atoms with van der Waals surface area (Å²) in [6.45, 7) is 0.451. The molecule has 1 aliphatic rings. The molecule has 2 aromatic carbocycles. The first kappa shape index (κ1) is 19.9. The summed E-state index contributed by atoms with van der Waals surface area (Å²) in [6, 6.07) is 11.5. The van der Waals surface area contributed by atoms with Gasteiger partial charge in [0.05, 0.1) is 12.7 Å². The van der Waals surface area contributed by atoms with E-state index in [1.165, 1.54) is 6.07 Å². The predicted molar refractivity (Wildman–Crippen MR) is 96.7 cm³/mol. The third-order valence-electron chi connectivity index (χ3n) is 4.59. The van der Waals surface area contributed by atoms with Crippen LogP contribution in [-0.4, -0.2) is 48.8 Å². The number of benzene rings is 2. The van der Waals surface area contributed by atoms with E-state index in [4.69, 9.17) is 4.74 Å². The van der Waals surface area contributed by atoms with Gasteiger partial charge in [-0.25, -0.2) is 8.78 Å². The van der Waals surface area contributed by atoms with E-state index < -0.39 is 29.7 Å². The summed E-state index contributed by atoms with van der Waals surface area (Å²) < 4.78 is 31.6. The van der Waals surface area contributed by atoms with Crippen molar-refractivity contribution >= 4 is 11.8 Å². The molecule has 0 aliphatic carbocycles. The number of ether oxygens (including phenoxy) is 1. The van der Waals surface area contributed by atoms with Crippen LogP contribution in [0, 0.1) is 17.6 Å². The molecule has 6 nitrogen and oxygen atoms in total. The first-order chi connectivity index (χ1) is 13.5. The minimum atomic E-state index is -1.11. The maximum atomic E-state index is 13.2. The highest BCUT2D eigenvalue weighted by molar-refractivity contribution is 5.94. The number of carbonyl (C=O) groups excluding carboxylic acids is 2. The van der Waals surface area contributed by atoms with E-state index >= 15 is 0 Å². The van der Waals surface area contributed by atoms with Gasteiger partial charge in [-0.1, -0.05) is 18.2 Å². The van der Waals surface area contributed by atoms with Gasteiger partial charge < -0.3 is 20.5 Å². The van der Waals surface area contributed by atoms with E-state index in [1.54, 1.807) is 24.3 Å². The van der Waals surface area contributed by atoms with E-state index in [0.29, 0.717) is 5.56 Å². The van der Waals surface area contributed by atoms with Crippen LogP contribution in [0.1, 0.15) is 20.7 Å². The first-order valence-electron chi connectivity index (χ1n) is 8.82. The summed E-state index contributed by atoms with van der Waals surface area (Å²) in [6.07, 6.45) is -1.55. The van der Waals surface area contributed by atoms with E-state index in [0.717, 1.165) is 12.1 Å². The van der Waals surface area contributed by atoms with Crippen molar-refractivity contribution < 1.29 is 28.2 Å². The van der Waals surface area contributed by atoms with Crippen LogP contribution in [0.25, 0.3) is 0 Å². The molecule has 3 rings (SSSR count). The minimum absolute atomic E-state index is 0.00211. The largest absolute Gasteiger partial charge is 0.390 e. The number of nitrogens with one attached hydrogen (secondary N) is 2. The van der Waals surface area contributed by atoms with Crippen molar-refractivity contribution in [3.8, 4) is 0 Å². The van der Waals surface area contributed by atoms with E-state index in [2.05, 4.69) is 10.6 Å². The van der Waals surface area contributed by atoms with Crippen LogP contribution in [0.2, 0.25) is 0 Å². The van der Waals surface area contributed by atoms with Gasteiger partial charge in [0.1, 0.15) is 6.10 Å². The predicted octanol–water partition coefficient (Wildman–Crippen LogP) is 1.50. The van der Waals surface area contributed by atoms with Gasteiger partial charge in [-0.05, 0) is 30.3 Å². The smallest absolute Gasteiger partial charge is 0.251 e. The molecular formula is C20H20F2N2O4. The topological polar surface area (TPSA) is 87.7 Å². The molecule has 1 aliphatic heterocycles. The van der Waals surface area contributed by atoms with Crippen molar-refractivity contribution in [3.63, 3.8) is 0 Å². The van der Waals surface area contributed by atoms with Gasteiger partial charge in [-0.2, -0.15) is 0 Å². The number of hydrogen-bond acceptors (Lipinski definition) is 4. The molecule has 8 heteroatoms. The lowest BCUT2D eigenvalue weighted by Crippen LogP contribution is -2.41. The van der Waals surface area contributed by atoms with Crippen molar-refractivity contribution in [2.75, 3.05) is 19.7 Å². The molecule has 0 radical (unpaired) electrons. The highest BCUT2D eigenvalue weighted by atomic mass is 19.2. The molecule has 1 fully saturated rings. The van der Waals surface area contributed by atoms with Gasteiger partial charge in [0.15, 0.2) is 11.6 Å². The molecular weight excluding hydrogens is 370 g/mol. The van der Waals surface area contributed by atoms with Gasteiger partial charge in [0.2, 0.25) is 0 Å². The van der Waals surface area contributed by atoms with Crippen molar-refractivity contribution in [1.82, 2.24) is 10.6 Å². The minimum Gasteiger partial charge on any atom is -0.390 e. The normalized spacial score (nSPS) is 21.3. The van der Waals surface area contributed by atoms with E-state index in [-0.39, 0.29) is 37.1 Å². The highest BCUT2D eigenvalue weighted by Crippen LogP contribution is 2.20. The lowest BCUT2D eigenvalue weighted by Gasteiger charge is -2.18. The summed E-state index contributed by atoms with van der Waals surface area (Å²) >= 11 is 0. The zero-order valence-corrected chi connectivity index (χ0v) is 14.9. The second kappa shape index (κ2) is 8.90. The number of carbonyl (C=O) groups is 2. The Morgan fingerprint density at radius 3 is 2.36 bits per heavy atom.